The maximum absolute atomic E-state index is 6.29. The van der Waals surface area contributed by atoms with Gasteiger partial charge in [0.2, 0.25) is 0 Å². The molecule has 0 heterocycles. The van der Waals surface area contributed by atoms with E-state index in [1.807, 2.05) is 0 Å². The summed E-state index contributed by atoms with van der Waals surface area (Å²) in [6.45, 7) is 0. The molecular weight excluding hydrogens is 389 g/mol. The monoisotopic (exact) mass is 395 g/mol. The second-order valence-corrected chi connectivity index (χ2v) is 9.26. The summed E-state index contributed by atoms with van der Waals surface area (Å²) < 4.78 is 0. The SMILES string of the molecule is [B][B]B([B])B(B([B])[B])B(B(B=S)B(B(B([B])[B])B([B])[B])B(B([B])[B])B([B])[B])B(B([B])[B])B([B])[B]. The molecule has 0 aliphatic heterocycles. The Balaban J connectivity index is 7.37. The van der Waals surface area contributed by atoms with Crippen molar-refractivity contribution in [3.63, 3.8) is 0 Å². The van der Waals surface area contributed by atoms with Gasteiger partial charge in [0, 0.05) is 0 Å². The van der Waals surface area contributed by atoms with Crippen LogP contribution in [0, 0.1) is 0 Å². The van der Waals surface area contributed by atoms with E-state index in [9.17, 15) is 0 Å². The molecule has 0 saturated carbocycles. The molecule has 0 amide bonds. The molecule has 0 aromatic heterocycles. The molecule has 0 saturated heterocycles. The van der Waals surface area contributed by atoms with Gasteiger partial charge in [0.15, 0.2) is 0 Å². The van der Waals surface area contributed by atoms with Crippen LogP contribution in [0.25, 0.3) is 0 Å². The Morgan fingerprint density at radius 3 is 0.794 bits per heavy atom. The van der Waals surface area contributed by atoms with E-state index in [-0.39, 0.29) is 0 Å². The van der Waals surface area contributed by atoms with Crippen LogP contribution < -0.4 is 0 Å². The zero-order valence-corrected chi connectivity index (χ0v) is 20.3. The van der Waals surface area contributed by atoms with Crippen molar-refractivity contribution in [3.05, 3.63) is 0 Å². The summed E-state index contributed by atoms with van der Waals surface area (Å²) >= 11 is 5.45. The van der Waals surface area contributed by atoms with Crippen molar-refractivity contribution in [1.82, 2.24) is 0 Å². The van der Waals surface area contributed by atoms with Gasteiger partial charge < -0.3 is 0 Å². The van der Waals surface area contributed by atoms with Gasteiger partial charge in [-0.2, -0.15) is 0 Å². The van der Waals surface area contributed by atoms with Crippen molar-refractivity contribution in [1.29, 1.82) is 0 Å². The van der Waals surface area contributed by atoms with Crippen molar-refractivity contribution in [2.75, 3.05) is 0 Å². The van der Waals surface area contributed by atoms with Gasteiger partial charge in [-0.05, 0) is 0 Å². The van der Waals surface area contributed by atoms with Crippen LogP contribution in [0.2, 0.25) is 0 Å². The second-order valence-electron chi connectivity index (χ2n) is 8.99. The molecule has 0 spiro atoms. The van der Waals surface area contributed by atoms with Gasteiger partial charge in [0.1, 0.15) is 0 Å². The zero-order valence-electron chi connectivity index (χ0n) is 19.5. The van der Waals surface area contributed by atoms with Gasteiger partial charge in [-0.3, -0.25) is 0 Å². The Morgan fingerprint density at radius 2 is 0.618 bits per heavy atom. The first-order chi connectivity index (χ1) is 15.6. The van der Waals surface area contributed by atoms with E-state index in [4.69, 9.17) is 136 Å². The summed E-state index contributed by atoms with van der Waals surface area (Å²) in [6.07, 6.45) is -14.0. The number of hydrogen-bond acceptors (Lipinski definition) is 1. The molecular formula is B33S. The van der Waals surface area contributed by atoms with Gasteiger partial charge in [-0.25, -0.2) is 0 Å². The number of hydrogen-bond donors (Lipinski definition) is 0. The molecule has 0 atom stereocenters. The maximum atomic E-state index is 6.29. The predicted molar refractivity (Wildman–Crippen MR) is 197 cm³/mol. The molecule has 0 aliphatic carbocycles. The van der Waals surface area contributed by atoms with E-state index in [1.165, 1.54) is 13.1 Å². The molecule has 105 valence electrons. The van der Waals surface area contributed by atoms with E-state index in [1.54, 1.807) is 0 Å². The summed E-state index contributed by atoms with van der Waals surface area (Å²) in [7, 11) is 98.8. The van der Waals surface area contributed by atoms with Crippen LogP contribution in [0.5, 0.6) is 0 Å². The van der Waals surface area contributed by atoms with Gasteiger partial charge in [-0.15, -0.1) is 0 Å². The normalized spacial score (nSPS) is 9.29. The molecule has 34 heavy (non-hydrogen) atoms. The minimum absolute atomic E-state index is 0.793. The fraction of sp³-hybridized carbons (Fsp3) is 0. The fourth-order valence-electron chi connectivity index (χ4n) is 5.19. The molecule has 0 N–H and O–H groups in total. The summed E-state index contributed by atoms with van der Waals surface area (Å²) in [5, 5.41) is 0. The Labute approximate surface area is 243 Å². The Morgan fingerprint density at radius 1 is 0.382 bits per heavy atom. The molecule has 0 nitrogen and oxygen atoms in total. The van der Waals surface area contributed by atoms with Gasteiger partial charge in [0.25, 0.3) is 0 Å². The third-order valence-corrected chi connectivity index (χ3v) is 6.92. The van der Waals surface area contributed by atoms with Crippen LogP contribution in [0.3, 0.4) is 0 Å². The predicted octanol–water partition coefficient (Wildman–Crippen LogP) is -11.9. The molecule has 34 heteroatoms. The standard InChI is InChI=1S/B33S/c1-17-26(16)31(25(14)15)33(30(23(10)11)24(12)13)27(18-34)32(28(19(2)3)20(4)5)29(21(6)7)22(8)9. The Kier molecular flexibility index (Phi) is 18.3. The van der Waals surface area contributed by atoms with Gasteiger partial charge in [0.05, 0.1) is 0 Å². The summed E-state index contributed by atoms with van der Waals surface area (Å²) in [5.41, 5.74) is 0. The van der Waals surface area contributed by atoms with E-state index in [0.29, 0.717) is 0 Å². The minimum atomic E-state index is -1.06. The second kappa shape index (κ2) is 17.1. The quantitative estimate of drug-likeness (QED) is 0.237. The third-order valence-electron chi connectivity index (χ3n) is 6.60. The van der Waals surface area contributed by atoms with Crippen LogP contribution in [0.15, 0.2) is 0 Å². The fourth-order valence-corrected chi connectivity index (χ4v) is 5.55. The van der Waals surface area contributed by atoms with Gasteiger partial charge in [-0.1, -0.05) is 0 Å². The molecule has 0 aromatic rings. The van der Waals surface area contributed by atoms with Crippen LogP contribution in [0.4, 0.5) is 0 Å². The summed E-state index contributed by atoms with van der Waals surface area (Å²) in [5.74, 6) is 0. The van der Waals surface area contributed by atoms with Crippen LogP contribution >= 0.6 is 12.1 Å². The molecule has 0 aliphatic rings. The van der Waals surface area contributed by atoms with Gasteiger partial charge >= 0.3 is 245 Å². The van der Waals surface area contributed by atoms with E-state index in [2.05, 4.69) is 0 Å². The van der Waals surface area contributed by atoms with Crippen molar-refractivity contribution >= 4 is 245 Å². The average molecular weight is 389 g/mol. The van der Waals surface area contributed by atoms with Crippen molar-refractivity contribution < 1.29 is 0 Å². The van der Waals surface area contributed by atoms with Crippen LogP contribution in [0.1, 0.15) is 0 Å². The molecule has 0 aromatic carbocycles. The van der Waals surface area contributed by atoms with Crippen molar-refractivity contribution in [2.45, 2.75) is 0 Å². The molecule has 0 rings (SSSR count). The first kappa shape index (κ1) is 36.4. The van der Waals surface area contributed by atoms with E-state index in [0.717, 1.165) is 0 Å². The topological polar surface area (TPSA) is 0 Å². The zero-order chi connectivity index (χ0) is 27.1. The first-order valence-electron chi connectivity index (χ1n) is 10.9. The summed E-state index contributed by atoms with van der Waals surface area (Å²) in [6, 6.07) is 1.40. The van der Waals surface area contributed by atoms with E-state index < -0.39 is 95.8 Å². The van der Waals surface area contributed by atoms with Crippen molar-refractivity contribution in [2.24, 2.45) is 0 Å². The molecule has 0 bridgehead atoms. The average Bonchev–Trinajstić information content (AvgIpc) is 2.66. The molecule has 33 radical (unpaired) electrons. The molecule has 0 unspecified atom stereocenters. The van der Waals surface area contributed by atoms with Crippen LogP contribution in [-0.4, -0.2) is 233 Å². The van der Waals surface area contributed by atoms with Crippen molar-refractivity contribution in [3.8, 4) is 0 Å². The third kappa shape index (κ3) is 9.83. The Hall–Kier alpha value is 2.36. The Bertz CT molecular complexity index is 497. The summed E-state index contributed by atoms with van der Waals surface area (Å²) in [4.78, 5) is 0. The van der Waals surface area contributed by atoms with E-state index >= 15 is 0 Å². The number of rotatable bonds is 16. The molecule has 0 fully saturated rings. The first-order valence-corrected chi connectivity index (χ1v) is 11.4. The van der Waals surface area contributed by atoms with Crippen LogP contribution in [-0.2, 0) is 0 Å².